The summed E-state index contributed by atoms with van der Waals surface area (Å²) in [6, 6.07) is 4.01. The zero-order chi connectivity index (χ0) is 13.8. The molecular formula is C12H12ClFN4O. The number of aryl methyl sites for hydroxylation is 1. The molecule has 1 aromatic heterocycles. The maximum Gasteiger partial charge on any atom is 0.295 e. The molecule has 2 rings (SSSR count). The van der Waals surface area contributed by atoms with Gasteiger partial charge in [0.1, 0.15) is 11.6 Å². The van der Waals surface area contributed by atoms with Gasteiger partial charge in [-0.1, -0.05) is 18.5 Å². The number of hydrogen-bond donors (Lipinski definition) is 2. The summed E-state index contributed by atoms with van der Waals surface area (Å²) < 4.78 is 13.2. The van der Waals surface area contributed by atoms with Crippen LogP contribution in [0.25, 0.3) is 0 Å². The van der Waals surface area contributed by atoms with Crippen LogP contribution < -0.4 is 5.32 Å². The van der Waals surface area contributed by atoms with Gasteiger partial charge in [-0.25, -0.2) is 9.37 Å². The molecule has 0 spiro atoms. The molecular weight excluding hydrogens is 271 g/mol. The molecule has 5 nitrogen and oxygen atoms in total. The zero-order valence-corrected chi connectivity index (χ0v) is 11.0. The van der Waals surface area contributed by atoms with Gasteiger partial charge in [0.25, 0.3) is 5.91 Å². The number of hydrogen-bond acceptors (Lipinski definition) is 3. The van der Waals surface area contributed by atoms with Crippen LogP contribution in [0, 0.1) is 5.82 Å². The van der Waals surface area contributed by atoms with Gasteiger partial charge in [-0.3, -0.25) is 9.89 Å². The molecule has 2 aromatic rings. The summed E-state index contributed by atoms with van der Waals surface area (Å²) in [5, 5.41) is 8.98. The van der Waals surface area contributed by atoms with E-state index in [0.717, 1.165) is 18.9 Å². The van der Waals surface area contributed by atoms with E-state index in [4.69, 9.17) is 11.6 Å². The Morgan fingerprint density at radius 3 is 3.00 bits per heavy atom. The number of amides is 1. The van der Waals surface area contributed by atoms with Gasteiger partial charge in [0.15, 0.2) is 0 Å². The molecule has 0 saturated heterocycles. The number of carbonyl (C=O) groups is 1. The van der Waals surface area contributed by atoms with Crippen LogP contribution in [0.1, 0.15) is 29.8 Å². The van der Waals surface area contributed by atoms with Crippen LogP contribution in [0.4, 0.5) is 10.1 Å². The Bertz CT molecular complexity index is 599. The molecule has 0 aliphatic heterocycles. The van der Waals surface area contributed by atoms with Gasteiger partial charge < -0.3 is 5.32 Å². The summed E-state index contributed by atoms with van der Waals surface area (Å²) in [5.74, 6) is -0.421. The molecule has 0 saturated carbocycles. The average Bonchev–Trinajstić information content (AvgIpc) is 2.83. The lowest BCUT2D eigenvalue weighted by atomic mass is 10.3. The molecule has 1 heterocycles. The molecule has 0 unspecified atom stereocenters. The Balaban J connectivity index is 2.09. The summed E-state index contributed by atoms with van der Waals surface area (Å²) in [5.41, 5.74) is 0.300. The minimum atomic E-state index is -0.596. The van der Waals surface area contributed by atoms with E-state index in [1.54, 1.807) is 0 Å². The smallest absolute Gasteiger partial charge is 0.295 e. The molecule has 0 atom stereocenters. The van der Waals surface area contributed by atoms with E-state index in [-0.39, 0.29) is 10.8 Å². The number of anilines is 1. The van der Waals surface area contributed by atoms with Gasteiger partial charge in [-0.15, -0.1) is 5.10 Å². The number of aromatic amines is 1. The first kappa shape index (κ1) is 13.5. The van der Waals surface area contributed by atoms with Crippen LogP contribution in [0.2, 0.25) is 5.02 Å². The molecule has 0 fully saturated rings. The van der Waals surface area contributed by atoms with Crippen molar-refractivity contribution >= 4 is 23.2 Å². The van der Waals surface area contributed by atoms with Crippen LogP contribution in [0.3, 0.4) is 0 Å². The van der Waals surface area contributed by atoms with Crippen LogP contribution in [-0.2, 0) is 6.42 Å². The van der Waals surface area contributed by atoms with E-state index in [2.05, 4.69) is 20.5 Å². The molecule has 0 bridgehead atoms. The van der Waals surface area contributed by atoms with E-state index in [9.17, 15) is 9.18 Å². The summed E-state index contributed by atoms with van der Waals surface area (Å²) in [4.78, 5) is 15.9. The molecule has 19 heavy (non-hydrogen) atoms. The SMILES string of the molecule is CCCc1nc(C(=O)Nc2ccc(Cl)c(F)c2)n[nH]1. The van der Waals surface area contributed by atoms with Gasteiger partial charge in [-0.2, -0.15) is 0 Å². The number of nitrogens with zero attached hydrogens (tertiary/aromatic N) is 2. The largest absolute Gasteiger partial charge is 0.319 e. The summed E-state index contributed by atoms with van der Waals surface area (Å²) >= 11 is 5.55. The lowest BCUT2D eigenvalue weighted by Gasteiger charge is -2.03. The lowest BCUT2D eigenvalue weighted by molar-refractivity contribution is 0.101. The Hall–Kier alpha value is -1.95. The number of halogens is 2. The maximum atomic E-state index is 13.2. The van der Waals surface area contributed by atoms with E-state index in [1.807, 2.05) is 6.92 Å². The van der Waals surface area contributed by atoms with Gasteiger partial charge >= 0.3 is 0 Å². The molecule has 1 aromatic carbocycles. The lowest BCUT2D eigenvalue weighted by Crippen LogP contribution is -2.14. The second kappa shape index (κ2) is 5.79. The molecule has 0 aliphatic carbocycles. The number of benzene rings is 1. The fourth-order valence-electron chi connectivity index (χ4n) is 1.51. The van der Waals surface area contributed by atoms with Crippen molar-refractivity contribution in [2.24, 2.45) is 0 Å². The number of aromatic nitrogens is 3. The molecule has 0 aliphatic rings. The van der Waals surface area contributed by atoms with Crippen LogP contribution in [0.15, 0.2) is 18.2 Å². The van der Waals surface area contributed by atoms with Crippen molar-refractivity contribution in [1.82, 2.24) is 15.2 Å². The molecule has 1 amide bonds. The molecule has 0 radical (unpaired) electrons. The van der Waals surface area contributed by atoms with Gasteiger partial charge in [0.05, 0.1) is 5.02 Å². The first-order valence-electron chi connectivity index (χ1n) is 5.78. The van der Waals surface area contributed by atoms with Crippen LogP contribution in [0.5, 0.6) is 0 Å². The normalized spacial score (nSPS) is 10.5. The quantitative estimate of drug-likeness (QED) is 0.906. The van der Waals surface area contributed by atoms with Crippen LogP contribution in [-0.4, -0.2) is 21.1 Å². The Labute approximate surface area is 114 Å². The van der Waals surface area contributed by atoms with Gasteiger partial charge in [0, 0.05) is 12.1 Å². The van der Waals surface area contributed by atoms with E-state index < -0.39 is 11.7 Å². The summed E-state index contributed by atoms with van der Waals surface area (Å²) in [6.07, 6.45) is 1.62. The third-order valence-corrected chi connectivity index (χ3v) is 2.71. The fourth-order valence-corrected chi connectivity index (χ4v) is 1.62. The first-order chi connectivity index (χ1) is 9.10. The van der Waals surface area contributed by atoms with Crippen LogP contribution >= 0.6 is 11.6 Å². The average molecular weight is 283 g/mol. The maximum absolute atomic E-state index is 13.2. The number of H-pyrrole nitrogens is 1. The van der Waals surface area contributed by atoms with Crippen molar-refractivity contribution in [2.75, 3.05) is 5.32 Å². The van der Waals surface area contributed by atoms with Gasteiger partial charge in [-0.05, 0) is 24.6 Å². The highest BCUT2D eigenvalue weighted by atomic mass is 35.5. The van der Waals surface area contributed by atoms with Crippen molar-refractivity contribution < 1.29 is 9.18 Å². The minimum absolute atomic E-state index is 0.00104. The Morgan fingerprint density at radius 2 is 2.32 bits per heavy atom. The van der Waals surface area contributed by atoms with E-state index in [1.165, 1.54) is 12.1 Å². The van der Waals surface area contributed by atoms with Crippen molar-refractivity contribution in [3.8, 4) is 0 Å². The third kappa shape index (κ3) is 3.29. The van der Waals surface area contributed by atoms with Crippen molar-refractivity contribution in [3.05, 3.63) is 40.7 Å². The second-order valence-electron chi connectivity index (χ2n) is 3.94. The highest BCUT2D eigenvalue weighted by Gasteiger charge is 2.13. The number of nitrogens with one attached hydrogen (secondary N) is 2. The number of carbonyl (C=O) groups excluding carboxylic acids is 1. The molecule has 7 heteroatoms. The predicted octanol–water partition coefficient (Wildman–Crippen LogP) is 2.80. The molecule has 100 valence electrons. The monoisotopic (exact) mass is 282 g/mol. The van der Waals surface area contributed by atoms with E-state index >= 15 is 0 Å². The highest BCUT2D eigenvalue weighted by Crippen LogP contribution is 2.18. The third-order valence-electron chi connectivity index (χ3n) is 2.40. The second-order valence-corrected chi connectivity index (χ2v) is 4.35. The minimum Gasteiger partial charge on any atom is -0.319 e. The Kier molecular flexibility index (Phi) is 4.11. The zero-order valence-electron chi connectivity index (χ0n) is 10.2. The predicted molar refractivity (Wildman–Crippen MR) is 69.7 cm³/mol. The topological polar surface area (TPSA) is 70.7 Å². The van der Waals surface area contributed by atoms with Crippen molar-refractivity contribution in [3.63, 3.8) is 0 Å². The Morgan fingerprint density at radius 1 is 1.53 bits per heavy atom. The fraction of sp³-hybridized carbons (Fsp3) is 0.250. The van der Waals surface area contributed by atoms with Gasteiger partial charge in [0.2, 0.25) is 5.82 Å². The highest BCUT2D eigenvalue weighted by molar-refractivity contribution is 6.30. The summed E-state index contributed by atoms with van der Waals surface area (Å²) in [6.45, 7) is 2.00. The molecule has 2 N–H and O–H groups in total. The first-order valence-corrected chi connectivity index (χ1v) is 6.15. The summed E-state index contributed by atoms with van der Waals surface area (Å²) in [7, 11) is 0. The standard InChI is InChI=1S/C12H12ClFN4O/c1-2-3-10-16-11(18-17-10)12(19)15-7-4-5-8(13)9(14)6-7/h4-6H,2-3H2,1H3,(H,15,19)(H,16,17,18). The number of rotatable bonds is 4. The van der Waals surface area contributed by atoms with Crippen molar-refractivity contribution in [2.45, 2.75) is 19.8 Å². The van der Waals surface area contributed by atoms with Crippen molar-refractivity contribution in [1.29, 1.82) is 0 Å². The van der Waals surface area contributed by atoms with E-state index in [0.29, 0.717) is 11.5 Å².